The zero-order valence-corrected chi connectivity index (χ0v) is 7.80. The molecule has 0 aromatic rings. The Hall–Kier alpha value is -1.04. The zero-order chi connectivity index (χ0) is 10.0. The molecule has 0 saturated carbocycles. The lowest BCUT2D eigenvalue weighted by atomic mass is 10.3. The summed E-state index contributed by atoms with van der Waals surface area (Å²) in [6, 6.07) is 0. The number of thioether (sulfide) groups is 1. The van der Waals surface area contributed by atoms with Crippen molar-refractivity contribution < 1.29 is 19.5 Å². The summed E-state index contributed by atoms with van der Waals surface area (Å²) in [4.78, 5) is 33.6. The fourth-order valence-electron chi connectivity index (χ4n) is 1.06. The molecule has 13 heavy (non-hydrogen) atoms. The van der Waals surface area contributed by atoms with E-state index in [1.54, 1.807) is 6.92 Å². The van der Waals surface area contributed by atoms with Gasteiger partial charge in [0.1, 0.15) is 0 Å². The average Bonchev–Trinajstić information content (AvgIpc) is 2.26. The standard InChI is InChI=1S/C7H9NO4S/c1-2-8-6(11)4(3-5(9)10)13-7(8)12/h4H,2-3H2,1H3,(H,9,10)/p-1. The summed E-state index contributed by atoms with van der Waals surface area (Å²) < 4.78 is 0. The van der Waals surface area contributed by atoms with Crippen molar-refractivity contribution in [3.8, 4) is 0 Å². The molecule has 1 atom stereocenters. The fraction of sp³-hybridized carbons (Fsp3) is 0.571. The van der Waals surface area contributed by atoms with Crippen molar-refractivity contribution in [3.05, 3.63) is 0 Å². The summed E-state index contributed by atoms with van der Waals surface area (Å²) >= 11 is 0.751. The van der Waals surface area contributed by atoms with Crippen molar-refractivity contribution in [3.63, 3.8) is 0 Å². The van der Waals surface area contributed by atoms with Crippen LogP contribution >= 0.6 is 11.8 Å². The number of carbonyl (C=O) groups is 3. The average molecular weight is 202 g/mol. The van der Waals surface area contributed by atoms with E-state index in [1.165, 1.54) is 0 Å². The van der Waals surface area contributed by atoms with Gasteiger partial charge in [0.25, 0.3) is 5.24 Å². The van der Waals surface area contributed by atoms with E-state index >= 15 is 0 Å². The summed E-state index contributed by atoms with van der Waals surface area (Å²) in [6.45, 7) is 1.95. The second-order valence-corrected chi connectivity index (χ2v) is 3.69. The topological polar surface area (TPSA) is 77.5 Å². The van der Waals surface area contributed by atoms with Crippen LogP contribution in [0.5, 0.6) is 0 Å². The van der Waals surface area contributed by atoms with Crippen LogP contribution in [0.3, 0.4) is 0 Å². The highest BCUT2D eigenvalue weighted by atomic mass is 32.2. The highest BCUT2D eigenvalue weighted by Crippen LogP contribution is 2.28. The molecule has 1 saturated heterocycles. The first-order chi connectivity index (χ1) is 6.06. The number of aliphatic carboxylic acids is 1. The second-order valence-electron chi connectivity index (χ2n) is 2.53. The maximum absolute atomic E-state index is 11.3. The maximum Gasteiger partial charge on any atom is 0.289 e. The van der Waals surface area contributed by atoms with Crippen LogP contribution < -0.4 is 5.11 Å². The van der Waals surface area contributed by atoms with E-state index in [2.05, 4.69) is 0 Å². The minimum atomic E-state index is -1.31. The Balaban J connectivity index is 2.67. The zero-order valence-electron chi connectivity index (χ0n) is 6.98. The van der Waals surface area contributed by atoms with Crippen LogP contribution in [-0.4, -0.2) is 33.8 Å². The quantitative estimate of drug-likeness (QED) is 0.599. The Kier molecular flexibility index (Phi) is 2.92. The van der Waals surface area contributed by atoms with Crippen molar-refractivity contribution in [2.24, 2.45) is 0 Å². The molecule has 1 rings (SSSR count). The smallest absolute Gasteiger partial charge is 0.289 e. The van der Waals surface area contributed by atoms with Gasteiger partial charge in [-0.3, -0.25) is 14.5 Å². The Morgan fingerprint density at radius 3 is 2.62 bits per heavy atom. The van der Waals surface area contributed by atoms with Crippen molar-refractivity contribution in [1.82, 2.24) is 4.90 Å². The van der Waals surface area contributed by atoms with Crippen molar-refractivity contribution in [1.29, 1.82) is 0 Å². The second kappa shape index (κ2) is 3.78. The van der Waals surface area contributed by atoms with Gasteiger partial charge in [0.15, 0.2) is 0 Å². The molecule has 0 bridgehead atoms. The molecule has 0 radical (unpaired) electrons. The van der Waals surface area contributed by atoms with Gasteiger partial charge < -0.3 is 9.90 Å². The van der Waals surface area contributed by atoms with Crippen LogP contribution in [0.4, 0.5) is 4.79 Å². The van der Waals surface area contributed by atoms with Gasteiger partial charge >= 0.3 is 0 Å². The van der Waals surface area contributed by atoms with E-state index < -0.39 is 23.5 Å². The maximum atomic E-state index is 11.3. The van der Waals surface area contributed by atoms with E-state index in [9.17, 15) is 19.5 Å². The van der Waals surface area contributed by atoms with Crippen molar-refractivity contribution in [2.75, 3.05) is 6.54 Å². The lowest BCUT2D eigenvalue weighted by Gasteiger charge is -2.10. The molecule has 6 heteroatoms. The van der Waals surface area contributed by atoms with Crippen molar-refractivity contribution in [2.45, 2.75) is 18.6 Å². The SMILES string of the molecule is CCN1C(=O)SC(CC(=O)[O-])C1=O. The Morgan fingerprint density at radius 2 is 2.23 bits per heavy atom. The number of carboxylic acids is 1. The van der Waals surface area contributed by atoms with Gasteiger partial charge in [0.2, 0.25) is 5.91 Å². The molecule has 0 aliphatic carbocycles. The molecule has 2 amide bonds. The number of hydrogen-bond acceptors (Lipinski definition) is 5. The Morgan fingerprint density at radius 1 is 1.62 bits per heavy atom. The van der Waals surface area contributed by atoms with Gasteiger partial charge in [-0.15, -0.1) is 0 Å². The summed E-state index contributed by atoms with van der Waals surface area (Å²) in [6.07, 6.45) is -0.397. The van der Waals surface area contributed by atoms with Crippen molar-refractivity contribution >= 4 is 28.9 Å². The predicted molar refractivity (Wildman–Crippen MR) is 43.8 cm³/mol. The number of carboxylic acid groups (broad SMARTS) is 1. The Bertz CT molecular complexity index is 265. The van der Waals surface area contributed by atoms with E-state index in [-0.39, 0.29) is 11.8 Å². The molecular weight excluding hydrogens is 194 g/mol. The molecule has 5 nitrogen and oxygen atoms in total. The fourth-order valence-corrected chi connectivity index (χ4v) is 2.10. The molecule has 1 heterocycles. The molecule has 1 unspecified atom stereocenters. The first-order valence-electron chi connectivity index (χ1n) is 3.78. The number of imide groups is 1. The summed E-state index contributed by atoms with van der Waals surface area (Å²) in [5.41, 5.74) is 0. The molecule has 72 valence electrons. The van der Waals surface area contributed by atoms with Crippen LogP contribution in [0.15, 0.2) is 0 Å². The molecule has 1 aliphatic heterocycles. The monoisotopic (exact) mass is 202 g/mol. The highest BCUT2D eigenvalue weighted by Gasteiger charge is 2.38. The van der Waals surface area contributed by atoms with Crippen LogP contribution in [0.25, 0.3) is 0 Å². The third-order valence-electron chi connectivity index (χ3n) is 1.67. The number of carbonyl (C=O) groups excluding carboxylic acids is 3. The van der Waals surface area contributed by atoms with E-state index in [0.717, 1.165) is 16.7 Å². The van der Waals surface area contributed by atoms with Gasteiger partial charge in [-0.2, -0.15) is 0 Å². The summed E-state index contributed by atoms with van der Waals surface area (Å²) in [5, 5.41) is 9.03. The predicted octanol–water partition coefficient (Wildman–Crippen LogP) is -0.790. The summed E-state index contributed by atoms with van der Waals surface area (Å²) in [7, 11) is 0. The first kappa shape index (κ1) is 10.0. The largest absolute Gasteiger partial charge is 0.550 e. The van der Waals surface area contributed by atoms with Gasteiger partial charge in [-0.1, -0.05) is 11.8 Å². The molecule has 0 N–H and O–H groups in total. The van der Waals surface area contributed by atoms with E-state index in [4.69, 9.17) is 0 Å². The minimum absolute atomic E-state index is 0.286. The van der Waals surface area contributed by atoms with Crippen LogP contribution in [0.2, 0.25) is 0 Å². The Labute approximate surface area is 79.1 Å². The van der Waals surface area contributed by atoms with Crippen LogP contribution in [0.1, 0.15) is 13.3 Å². The number of hydrogen-bond donors (Lipinski definition) is 0. The molecule has 1 aliphatic rings. The third kappa shape index (κ3) is 2.00. The highest BCUT2D eigenvalue weighted by molar-refractivity contribution is 8.15. The number of nitrogens with zero attached hydrogens (tertiary/aromatic N) is 1. The first-order valence-corrected chi connectivity index (χ1v) is 4.66. The molecule has 0 aromatic heterocycles. The van der Waals surface area contributed by atoms with E-state index in [1.807, 2.05) is 0 Å². The van der Waals surface area contributed by atoms with Gasteiger partial charge in [-0.25, -0.2) is 0 Å². The summed E-state index contributed by atoms with van der Waals surface area (Å²) in [5.74, 6) is -1.74. The van der Waals surface area contributed by atoms with Gasteiger partial charge in [-0.05, 0) is 6.92 Å². The minimum Gasteiger partial charge on any atom is -0.550 e. The normalized spacial score (nSPS) is 22.5. The van der Waals surface area contributed by atoms with Gasteiger partial charge in [0, 0.05) is 18.9 Å². The lowest BCUT2D eigenvalue weighted by Crippen LogP contribution is -2.34. The number of amides is 2. The lowest BCUT2D eigenvalue weighted by molar-refractivity contribution is -0.305. The molecule has 1 fully saturated rings. The number of rotatable bonds is 3. The molecule has 0 aromatic carbocycles. The van der Waals surface area contributed by atoms with Crippen LogP contribution in [-0.2, 0) is 9.59 Å². The van der Waals surface area contributed by atoms with Crippen LogP contribution in [0, 0.1) is 0 Å². The third-order valence-corrected chi connectivity index (χ3v) is 2.75. The molecule has 0 spiro atoms. The van der Waals surface area contributed by atoms with E-state index in [0.29, 0.717) is 0 Å². The van der Waals surface area contributed by atoms with Gasteiger partial charge in [0.05, 0.1) is 5.25 Å². The molecular formula is C7H8NO4S-.